The maximum atomic E-state index is 9.35. The van der Waals surface area contributed by atoms with Crippen LogP contribution in [0.1, 0.15) is 12.8 Å². The van der Waals surface area contributed by atoms with E-state index in [1.807, 2.05) is 24.3 Å². The molecule has 0 saturated heterocycles. The number of methoxy groups -OCH3 is 1. The first-order chi connectivity index (χ1) is 9.26. The number of benzene rings is 1. The van der Waals surface area contributed by atoms with Crippen molar-refractivity contribution in [3.05, 3.63) is 30.5 Å². The molecule has 19 heavy (non-hydrogen) atoms. The number of aromatic nitrogens is 1. The van der Waals surface area contributed by atoms with Crippen LogP contribution in [0.5, 0.6) is 5.75 Å². The van der Waals surface area contributed by atoms with Crippen molar-refractivity contribution in [2.24, 2.45) is 5.41 Å². The molecule has 0 aliphatic heterocycles. The van der Waals surface area contributed by atoms with Gasteiger partial charge in [-0.05, 0) is 36.4 Å². The average Bonchev–Trinajstić information content (AvgIpc) is 3.25. The van der Waals surface area contributed by atoms with Crippen LogP contribution in [0, 0.1) is 5.41 Å². The highest BCUT2D eigenvalue weighted by molar-refractivity contribution is 5.92. The standard InChI is InChI=1S/C15H18N2O2/c1-19-12-3-2-11-4-7-16-14(13(11)8-12)17-9-15(10-18)5-6-15/h2-4,7-8,18H,5-6,9-10H2,1H3,(H,16,17). The highest BCUT2D eigenvalue weighted by Crippen LogP contribution is 2.45. The first-order valence-corrected chi connectivity index (χ1v) is 6.54. The average molecular weight is 258 g/mol. The molecule has 0 bridgehead atoms. The van der Waals surface area contributed by atoms with Crippen LogP contribution in [0.15, 0.2) is 30.5 Å². The Morgan fingerprint density at radius 2 is 2.21 bits per heavy atom. The van der Waals surface area contributed by atoms with E-state index >= 15 is 0 Å². The number of hydrogen-bond donors (Lipinski definition) is 2. The number of rotatable bonds is 5. The fraction of sp³-hybridized carbons (Fsp3) is 0.400. The summed E-state index contributed by atoms with van der Waals surface area (Å²) in [6, 6.07) is 7.95. The van der Waals surface area contributed by atoms with Gasteiger partial charge in [0.2, 0.25) is 0 Å². The Morgan fingerprint density at radius 1 is 1.37 bits per heavy atom. The van der Waals surface area contributed by atoms with E-state index in [9.17, 15) is 5.11 Å². The zero-order valence-electron chi connectivity index (χ0n) is 11.0. The van der Waals surface area contributed by atoms with Crippen molar-refractivity contribution in [1.82, 2.24) is 4.98 Å². The molecule has 0 unspecified atom stereocenters. The van der Waals surface area contributed by atoms with Gasteiger partial charge in [-0.15, -0.1) is 0 Å². The minimum atomic E-state index is 0.0721. The second-order valence-corrected chi connectivity index (χ2v) is 5.26. The molecule has 2 aromatic rings. The highest BCUT2D eigenvalue weighted by atomic mass is 16.5. The minimum absolute atomic E-state index is 0.0721. The summed E-state index contributed by atoms with van der Waals surface area (Å²) in [5, 5.41) is 14.9. The van der Waals surface area contributed by atoms with Gasteiger partial charge in [-0.2, -0.15) is 0 Å². The Bertz CT molecular complexity index is 594. The highest BCUT2D eigenvalue weighted by Gasteiger charge is 2.41. The fourth-order valence-electron chi connectivity index (χ4n) is 2.25. The lowest BCUT2D eigenvalue weighted by molar-refractivity contribution is 0.219. The topological polar surface area (TPSA) is 54.4 Å². The number of aliphatic hydroxyl groups excluding tert-OH is 1. The van der Waals surface area contributed by atoms with Crippen molar-refractivity contribution in [3.63, 3.8) is 0 Å². The Hall–Kier alpha value is -1.81. The molecule has 1 aliphatic rings. The van der Waals surface area contributed by atoms with Crippen LogP contribution in [0.4, 0.5) is 5.82 Å². The Labute approximate surface area is 112 Å². The maximum absolute atomic E-state index is 9.35. The van der Waals surface area contributed by atoms with Crippen LogP contribution in [-0.4, -0.2) is 30.4 Å². The molecule has 1 heterocycles. The third-order valence-corrected chi connectivity index (χ3v) is 3.90. The van der Waals surface area contributed by atoms with Crippen molar-refractivity contribution in [2.45, 2.75) is 12.8 Å². The zero-order valence-corrected chi connectivity index (χ0v) is 11.0. The first kappa shape index (κ1) is 12.2. The van der Waals surface area contributed by atoms with Gasteiger partial charge >= 0.3 is 0 Å². The van der Waals surface area contributed by atoms with Crippen LogP contribution >= 0.6 is 0 Å². The van der Waals surface area contributed by atoms with Gasteiger partial charge in [0.05, 0.1) is 13.7 Å². The second kappa shape index (κ2) is 4.70. The number of fused-ring (bicyclic) bond motifs is 1. The van der Waals surface area contributed by atoms with Crippen molar-refractivity contribution in [3.8, 4) is 5.75 Å². The molecule has 0 atom stereocenters. The molecule has 0 spiro atoms. The van der Waals surface area contributed by atoms with E-state index in [2.05, 4.69) is 10.3 Å². The lowest BCUT2D eigenvalue weighted by atomic mass is 10.1. The molecule has 1 aromatic carbocycles. The van der Waals surface area contributed by atoms with Gasteiger partial charge < -0.3 is 15.2 Å². The van der Waals surface area contributed by atoms with Crippen LogP contribution in [0.25, 0.3) is 10.8 Å². The van der Waals surface area contributed by atoms with Crippen LogP contribution in [-0.2, 0) is 0 Å². The summed E-state index contributed by atoms with van der Waals surface area (Å²) in [5.41, 5.74) is 0.0721. The van der Waals surface area contributed by atoms with E-state index in [4.69, 9.17) is 4.74 Å². The molecule has 4 nitrogen and oxygen atoms in total. The lowest BCUT2D eigenvalue weighted by Crippen LogP contribution is -2.19. The summed E-state index contributed by atoms with van der Waals surface area (Å²) in [6.45, 7) is 1.01. The Morgan fingerprint density at radius 3 is 2.89 bits per heavy atom. The summed E-state index contributed by atoms with van der Waals surface area (Å²) >= 11 is 0. The molecule has 1 fully saturated rings. The van der Waals surface area contributed by atoms with Gasteiger partial charge in [-0.25, -0.2) is 4.98 Å². The fourth-order valence-corrected chi connectivity index (χ4v) is 2.25. The normalized spacial score (nSPS) is 16.3. The van der Waals surface area contributed by atoms with Gasteiger partial charge in [0.1, 0.15) is 11.6 Å². The van der Waals surface area contributed by atoms with Crippen LogP contribution in [0.2, 0.25) is 0 Å². The molecule has 4 heteroatoms. The Balaban J connectivity index is 1.89. The van der Waals surface area contributed by atoms with Crippen molar-refractivity contribution < 1.29 is 9.84 Å². The number of aliphatic hydroxyl groups is 1. The molecule has 2 N–H and O–H groups in total. The van der Waals surface area contributed by atoms with E-state index in [0.29, 0.717) is 0 Å². The number of nitrogens with zero attached hydrogens (tertiary/aromatic N) is 1. The quantitative estimate of drug-likeness (QED) is 0.865. The van der Waals surface area contributed by atoms with Gasteiger partial charge in [0.25, 0.3) is 0 Å². The molecule has 100 valence electrons. The van der Waals surface area contributed by atoms with E-state index in [1.165, 1.54) is 0 Å². The monoisotopic (exact) mass is 258 g/mol. The number of ether oxygens (including phenoxy) is 1. The predicted molar refractivity (Wildman–Crippen MR) is 75.5 cm³/mol. The van der Waals surface area contributed by atoms with Crippen molar-refractivity contribution in [2.75, 3.05) is 25.6 Å². The van der Waals surface area contributed by atoms with Crippen molar-refractivity contribution in [1.29, 1.82) is 0 Å². The molecule has 1 aliphatic carbocycles. The van der Waals surface area contributed by atoms with Gasteiger partial charge in [-0.3, -0.25) is 0 Å². The van der Waals surface area contributed by atoms with Gasteiger partial charge in [0.15, 0.2) is 0 Å². The van der Waals surface area contributed by atoms with E-state index < -0.39 is 0 Å². The summed E-state index contributed by atoms with van der Waals surface area (Å²) in [4.78, 5) is 4.40. The minimum Gasteiger partial charge on any atom is -0.497 e. The maximum Gasteiger partial charge on any atom is 0.133 e. The predicted octanol–water partition coefficient (Wildman–Crippen LogP) is 2.43. The smallest absolute Gasteiger partial charge is 0.133 e. The second-order valence-electron chi connectivity index (χ2n) is 5.26. The van der Waals surface area contributed by atoms with Crippen LogP contribution < -0.4 is 10.1 Å². The number of hydrogen-bond acceptors (Lipinski definition) is 4. The molecular formula is C15H18N2O2. The molecule has 1 saturated carbocycles. The summed E-state index contributed by atoms with van der Waals surface area (Å²) in [5.74, 6) is 1.68. The van der Waals surface area contributed by atoms with E-state index in [0.717, 1.165) is 41.7 Å². The zero-order chi connectivity index (χ0) is 13.3. The third-order valence-electron chi connectivity index (χ3n) is 3.90. The number of pyridine rings is 1. The SMILES string of the molecule is COc1ccc2ccnc(NCC3(CO)CC3)c2c1. The van der Waals surface area contributed by atoms with Gasteiger partial charge in [-0.1, -0.05) is 6.07 Å². The largest absolute Gasteiger partial charge is 0.497 e. The molecular weight excluding hydrogens is 240 g/mol. The van der Waals surface area contributed by atoms with Crippen molar-refractivity contribution >= 4 is 16.6 Å². The summed E-state index contributed by atoms with van der Waals surface area (Å²) in [7, 11) is 1.66. The molecule has 3 rings (SSSR count). The van der Waals surface area contributed by atoms with Gasteiger partial charge in [0, 0.05) is 23.5 Å². The molecule has 0 amide bonds. The first-order valence-electron chi connectivity index (χ1n) is 6.54. The summed E-state index contributed by atoms with van der Waals surface area (Å²) in [6.07, 6.45) is 3.98. The van der Waals surface area contributed by atoms with Crippen LogP contribution in [0.3, 0.4) is 0 Å². The Kier molecular flexibility index (Phi) is 3.03. The molecule has 1 aromatic heterocycles. The van der Waals surface area contributed by atoms with E-state index in [1.54, 1.807) is 13.3 Å². The molecule has 0 radical (unpaired) electrons. The lowest BCUT2D eigenvalue weighted by Gasteiger charge is -2.15. The third kappa shape index (κ3) is 2.36. The number of nitrogens with one attached hydrogen (secondary N) is 1. The summed E-state index contributed by atoms with van der Waals surface area (Å²) < 4.78 is 5.26. The van der Waals surface area contributed by atoms with E-state index in [-0.39, 0.29) is 12.0 Å². The number of anilines is 1.